The van der Waals surface area contributed by atoms with Crippen LogP contribution in [0.25, 0.3) is 0 Å². The van der Waals surface area contributed by atoms with Crippen molar-refractivity contribution in [1.82, 2.24) is 5.32 Å². The van der Waals surface area contributed by atoms with E-state index < -0.39 is 5.97 Å². The van der Waals surface area contributed by atoms with Crippen molar-refractivity contribution in [3.8, 4) is 5.75 Å². The molecule has 0 aromatic heterocycles. The molecule has 3 aliphatic carbocycles. The molecule has 0 aliphatic heterocycles. The average Bonchev–Trinajstić information content (AvgIpc) is 2.71. The summed E-state index contributed by atoms with van der Waals surface area (Å²) in [4.78, 5) is 11.3. The Hall–Kier alpha value is -1.75. The lowest BCUT2D eigenvalue weighted by Crippen LogP contribution is -2.72. The van der Waals surface area contributed by atoms with Gasteiger partial charge in [0.15, 0.2) is 0 Å². The van der Waals surface area contributed by atoms with Crippen molar-refractivity contribution in [2.45, 2.75) is 56.7 Å². The molecule has 4 unspecified atom stereocenters. The minimum atomic E-state index is -0.628. The first kappa shape index (κ1) is 20.2. The molecule has 2 aromatic rings. The Morgan fingerprint density at radius 2 is 1.97 bits per heavy atom. The molecule has 0 amide bonds. The van der Waals surface area contributed by atoms with Crippen molar-refractivity contribution in [2.24, 2.45) is 11.8 Å². The molecule has 2 aromatic carbocycles. The maximum absolute atomic E-state index is 11.3. The number of ether oxygens (including phenoxy) is 1. The van der Waals surface area contributed by atoms with Crippen molar-refractivity contribution >= 4 is 29.2 Å². The van der Waals surface area contributed by atoms with Crippen LogP contribution >= 0.6 is 23.2 Å². The van der Waals surface area contributed by atoms with Crippen molar-refractivity contribution in [3.63, 3.8) is 0 Å². The van der Waals surface area contributed by atoms with E-state index in [1.807, 2.05) is 24.3 Å². The number of aliphatic carboxylic acids is 1. The van der Waals surface area contributed by atoms with Crippen LogP contribution < -0.4 is 10.1 Å². The Balaban J connectivity index is 1.21. The van der Waals surface area contributed by atoms with Gasteiger partial charge in [-0.3, -0.25) is 4.79 Å². The van der Waals surface area contributed by atoms with E-state index in [2.05, 4.69) is 17.4 Å². The van der Waals surface area contributed by atoms with Gasteiger partial charge < -0.3 is 15.2 Å². The Bertz CT molecular complexity index is 974. The lowest BCUT2D eigenvalue weighted by molar-refractivity contribution is -0.166. The average molecular weight is 446 g/mol. The van der Waals surface area contributed by atoms with Crippen molar-refractivity contribution in [3.05, 3.63) is 63.1 Å². The highest BCUT2D eigenvalue weighted by molar-refractivity contribution is 6.35. The monoisotopic (exact) mass is 445 g/mol. The molecule has 4 atom stereocenters. The van der Waals surface area contributed by atoms with Crippen LogP contribution in [0, 0.1) is 11.8 Å². The lowest BCUT2D eigenvalue weighted by Gasteiger charge is -2.63. The van der Waals surface area contributed by atoms with E-state index >= 15 is 0 Å². The summed E-state index contributed by atoms with van der Waals surface area (Å²) in [6, 6.07) is 12.2. The number of carbonyl (C=O) groups is 1. The third kappa shape index (κ3) is 3.49. The summed E-state index contributed by atoms with van der Waals surface area (Å²) in [6.45, 7) is 0.343. The highest BCUT2D eigenvalue weighted by Crippen LogP contribution is 2.58. The van der Waals surface area contributed by atoms with Gasteiger partial charge in [0.2, 0.25) is 0 Å². The second-order valence-corrected chi connectivity index (χ2v) is 9.77. The zero-order valence-electron chi connectivity index (χ0n) is 16.7. The summed E-state index contributed by atoms with van der Waals surface area (Å²) in [5.41, 5.74) is 3.57. The molecule has 3 aliphatic rings. The third-order valence-electron chi connectivity index (χ3n) is 7.34. The molecular formula is C24H25Cl2NO3. The third-order valence-corrected chi connectivity index (χ3v) is 8.05. The summed E-state index contributed by atoms with van der Waals surface area (Å²) in [5.74, 6) is 0.381. The predicted octanol–water partition coefficient (Wildman–Crippen LogP) is 5.27. The van der Waals surface area contributed by atoms with Crippen LogP contribution in [-0.2, 0) is 24.2 Å². The van der Waals surface area contributed by atoms with Crippen molar-refractivity contribution in [1.29, 1.82) is 0 Å². The van der Waals surface area contributed by atoms with Gasteiger partial charge in [0.1, 0.15) is 12.4 Å². The molecular weight excluding hydrogens is 421 g/mol. The summed E-state index contributed by atoms with van der Waals surface area (Å²) >= 11 is 12.5. The molecule has 0 bridgehead atoms. The van der Waals surface area contributed by atoms with Crippen molar-refractivity contribution in [2.75, 3.05) is 0 Å². The van der Waals surface area contributed by atoms with Gasteiger partial charge in [-0.15, -0.1) is 0 Å². The molecule has 0 saturated heterocycles. The number of carboxylic acid groups (broad SMARTS) is 1. The zero-order valence-corrected chi connectivity index (χ0v) is 18.2. The molecule has 5 rings (SSSR count). The standard InChI is InChI=1S/C24H25Cl2NO3/c25-21-2-1-3-22(26)19(21)13-30-17-7-5-14-10-16(6-4-15(14)11-17)27-24-9-8-20(24)18(12-24)23(28)29/h1-3,5,7,11,16,18,20,27H,4,6,8-10,12-13H2,(H,28,29). The van der Waals surface area contributed by atoms with Crippen LogP contribution in [0.5, 0.6) is 5.75 Å². The van der Waals surface area contributed by atoms with Gasteiger partial charge in [0.25, 0.3) is 0 Å². The van der Waals surface area contributed by atoms with Gasteiger partial charge in [-0.05, 0) is 79.8 Å². The summed E-state index contributed by atoms with van der Waals surface area (Å²) < 4.78 is 5.97. The number of nitrogens with one attached hydrogen (secondary N) is 1. The number of fused-ring (bicyclic) bond motifs is 2. The minimum Gasteiger partial charge on any atom is -0.489 e. The molecule has 30 heavy (non-hydrogen) atoms. The highest BCUT2D eigenvalue weighted by atomic mass is 35.5. The Morgan fingerprint density at radius 3 is 2.63 bits per heavy atom. The van der Waals surface area contributed by atoms with Crippen LogP contribution in [0.15, 0.2) is 36.4 Å². The molecule has 6 heteroatoms. The normalized spacial score (nSPS) is 29.2. The highest BCUT2D eigenvalue weighted by Gasteiger charge is 2.62. The molecule has 2 N–H and O–H groups in total. The number of halogens is 2. The second kappa shape index (κ2) is 7.74. The number of benzene rings is 2. The van der Waals surface area contributed by atoms with E-state index in [0.717, 1.165) is 49.8 Å². The first-order valence-electron chi connectivity index (χ1n) is 10.6. The lowest BCUT2D eigenvalue weighted by atomic mass is 9.47. The minimum absolute atomic E-state index is 0.0858. The largest absolute Gasteiger partial charge is 0.489 e. The summed E-state index contributed by atoms with van der Waals surface area (Å²) in [6.07, 6.45) is 6.00. The first-order valence-corrected chi connectivity index (χ1v) is 11.4. The van der Waals surface area contributed by atoms with E-state index in [0.29, 0.717) is 28.6 Å². The summed E-state index contributed by atoms with van der Waals surface area (Å²) in [5, 5.41) is 14.4. The van der Waals surface area contributed by atoms with Crippen LogP contribution in [-0.4, -0.2) is 22.7 Å². The van der Waals surface area contributed by atoms with E-state index in [9.17, 15) is 9.90 Å². The van der Waals surface area contributed by atoms with Gasteiger partial charge in [-0.25, -0.2) is 0 Å². The van der Waals surface area contributed by atoms with Gasteiger partial charge in [-0.2, -0.15) is 0 Å². The number of aryl methyl sites for hydroxylation is 1. The molecule has 0 radical (unpaired) electrons. The smallest absolute Gasteiger partial charge is 0.306 e. The van der Waals surface area contributed by atoms with Crippen LogP contribution in [0.2, 0.25) is 10.0 Å². The maximum atomic E-state index is 11.3. The van der Waals surface area contributed by atoms with E-state index in [-0.39, 0.29) is 11.5 Å². The van der Waals surface area contributed by atoms with Gasteiger partial charge in [0.05, 0.1) is 5.92 Å². The first-order chi connectivity index (χ1) is 14.4. The molecule has 158 valence electrons. The van der Waals surface area contributed by atoms with Gasteiger partial charge >= 0.3 is 5.97 Å². The summed E-state index contributed by atoms with van der Waals surface area (Å²) in [7, 11) is 0. The number of rotatable bonds is 6. The Labute approximate surface area is 186 Å². The van der Waals surface area contributed by atoms with Crippen molar-refractivity contribution < 1.29 is 14.6 Å². The van der Waals surface area contributed by atoms with Crippen LogP contribution in [0.1, 0.15) is 42.4 Å². The Kier molecular flexibility index (Phi) is 5.20. The molecule has 0 heterocycles. The fourth-order valence-corrected chi connectivity index (χ4v) is 6.05. The fourth-order valence-electron chi connectivity index (χ4n) is 5.55. The molecule has 2 fully saturated rings. The van der Waals surface area contributed by atoms with E-state index in [1.165, 1.54) is 11.1 Å². The molecule has 4 nitrogen and oxygen atoms in total. The molecule has 2 saturated carbocycles. The quantitative estimate of drug-likeness (QED) is 0.635. The topological polar surface area (TPSA) is 58.6 Å². The van der Waals surface area contributed by atoms with E-state index in [4.69, 9.17) is 27.9 Å². The fraction of sp³-hybridized carbons (Fsp3) is 0.458. The number of carboxylic acids is 1. The SMILES string of the molecule is O=C(O)C1CC2(NC3CCc4cc(OCc5c(Cl)cccc5Cl)ccc4C3)CCC12. The van der Waals surface area contributed by atoms with Gasteiger partial charge in [0, 0.05) is 27.2 Å². The number of hydrogen-bond acceptors (Lipinski definition) is 3. The Morgan fingerprint density at radius 1 is 1.17 bits per heavy atom. The second-order valence-electron chi connectivity index (χ2n) is 8.95. The predicted molar refractivity (Wildman–Crippen MR) is 117 cm³/mol. The van der Waals surface area contributed by atoms with Crippen LogP contribution in [0.4, 0.5) is 0 Å². The number of hydrogen-bond donors (Lipinski definition) is 2. The van der Waals surface area contributed by atoms with E-state index in [1.54, 1.807) is 0 Å². The maximum Gasteiger partial charge on any atom is 0.306 e. The van der Waals surface area contributed by atoms with Gasteiger partial charge in [-0.1, -0.05) is 35.3 Å². The zero-order chi connectivity index (χ0) is 20.9. The van der Waals surface area contributed by atoms with Crippen LogP contribution in [0.3, 0.4) is 0 Å². The molecule has 0 spiro atoms.